The molecule has 0 spiro atoms. The van der Waals surface area contributed by atoms with E-state index in [1.807, 2.05) is 12.1 Å². The maximum Gasteiger partial charge on any atom is 0.255 e. The molecule has 1 amide bonds. The molecule has 0 unspecified atom stereocenters. The van der Waals surface area contributed by atoms with Crippen LogP contribution in [-0.2, 0) is 6.54 Å². The Morgan fingerprint density at radius 3 is 2.38 bits per heavy atom. The molecular weight excluding hydrogens is 402 g/mol. The second kappa shape index (κ2) is 9.71. The molecule has 0 saturated carbocycles. The van der Waals surface area contributed by atoms with E-state index in [0.717, 1.165) is 67.6 Å². The Morgan fingerprint density at radius 2 is 1.75 bits per heavy atom. The quantitative estimate of drug-likeness (QED) is 0.607. The van der Waals surface area contributed by atoms with Crippen LogP contribution in [0.4, 0.5) is 5.69 Å². The molecule has 7 nitrogen and oxygen atoms in total. The minimum Gasteiger partial charge on any atom is -0.497 e. The summed E-state index contributed by atoms with van der Waals surface area (Å²) >= 11 is 0. The van der Waals surface area contributed by atoms with Crippen molar-refractivity contribution in [3.8, 4) is 5.75 Å². The minimum atomic E-state index is -0.149. The topological polar surface area (TPSA) is 62.6 Å². The average Bonchev–Trinajstić information content (AvgIpc) is 3.16. The summed E-state index contributed by atoms with van der Waals surface area (Å²) in [6, 6.07) is 13.4. The monoisotopic (exact) mass is 435 g/mol. The van der Waals surface area contributed by atoms with Gasteiger partial charge in [0.05, 0.1) is 24.7 Å². The van der Waals surface area contributed by atoms with Gasteiger partial charge in [-0.15, -0.1) is 0 Å². The van der Waals surface area contributed by atoms with Gasteiger partial charge in [-0.3, -0.25) is 9.69 Å². The molecule has 1 fully saturated rings. The third-order valence-corrected chi connectivity index (χ3v) is 6.17. The zero-order valence-electron chi connectivity index (χ0n) is 19.5. The number of piperazine rings is 1. The highest BCUT2D eigenvalue weighted by molar-refractivity contribution is 6.05. The Hall–Kier alpha value is -2.90. The van der Waals surface area contributed by atoms with Gasteiger partial charge in [0, 0.05) is 43.5 Å². The molecule has 1 N–H and O–H groups in total. The van der Waals surface area contributed by atoms with E-state index in [-0.39, 0.29) is 5.91 Å². The SMILES string of the molecule is CCN1CCN(Cc2nc3cc(NC(=O)c4ccc(OC)cc4)ccc3n2C(C)C)CC1. The zero-order chi connectivity index (χ0) is 22.7. The van der Waals surface area contributed by atoms with Crippen molar-refractivity contribution in [3.63, 3.8) is 0 Å². The van der Waals surface area contributed by atoms with Crippen molar-refractivity contribution in [2.24, 2.45) is 0 Å². The van der Waals surface area contributed by atoms with Crippen molar-refractivity contribution in [2.75, 3.05) is 45.2 Å². The third kappa shape index (κ3) is 4.79. The lowest BCUT2D eigenvalue weighted by Gasteiger charge is -2.34. The van der Waals surface area contributed by atoms with Crippen LogP contribution >= 0.6 is 0 Å². The van der Waals surface area contributed by atoms with E-state index in [1.165, 1.54) is 0 Å². The highest BCUT2D eigenvalue weighted by atomic mass is 16.5. The maximum absolute atomic E-state index is 12.7. The van der Waals surface area contributed by atoms with Crippen LogP contribution in [0.5, 0.6) is 5.75 Å². The fraction of sp³-hybridized carbons (Fsp3) is 0.440. The molecule has 0 radical (unpaired) electrons. The highest BCUT2D eigenvalue weighted by Gasteiger charge is 2.20. The second-order valence-electron chi connectivity index (χ2n) is 8.59. The van der Waals surface area contributed by atoms with Gasteiger partial charge in [0.1, 0.15) is 11.6 Å². The summed E-state index contributed by atoms with van der Waals surface area (Å²) in [6.45, 7) is 12.9. The second-order valence-corrected chi connectivity index (χ2v) is 8.59. The lowest BCUT2D eigenvalue weighted by atomic mass is 10.2. The molecule has 2 aromatic carbocycles. The molecule has 32 heavy (non-hydrogen) atoms. The van der Waals surface area contributed by atoms with Gasteiger partial charge in [0.15, 0.2) is 0 Å². The molecule has 170 valence electrons. The van der Waals surface area contributed by atoms with Gasteiger partial charge in [-0.2, -0.15) is 0 Å². The molecule has 4 rings (SSSR count). The van der Waals surface area contributed by atoms with Crippen LogP contribution in [0.25, 0.3) is 11.0 Å². The van der Waals surface area contributed by atoms with E-state index in [9.17, 15) is 4.79 Å². The molecule has 1 aliphatic heterocycles. The fourth-order valence-electron chi connectivity index (χ4n) is 4.32. The summed E-state index contributed by atoms with van der Waals surface area (Å²) in [4.78, 5) is 22.6. The number of rotatable bonds is 7. The summed E-state index contributed by atoms with van der Waals surface area (Å²) < 4.78 is 7.48. The fourth-order valence-corrected chi connectivity index (χ4v) is 4.32. The van der Waals surface area contributed by atoms with Gasteiger partial charge in [-0.25, -0.2) is 4.98 Å². The van der Waals surface area contributed by atoms with Crippen molar-refractivity contribution < 1.29 is 9.53 Å². The molecule has 1 aliphatic rings. The first kappa shape index (κ1) is 22.3. The largest absolute Gasteiger partial charge is 0.497 e. The number of aromatic nitrogens is 2. The summed E-state index contributed by atoms with van der Waals surface area (Å²) in [5.74, 6) is 1.66. The number of nitrogens with zero attached hydrogens (tertiary/aromatic N) is 4. The van der Waals surface area contributed by atoms with E-state index in [4.69, 9.17) is 9.72 Å². The Morgan fingerprint density at radius 1 is 1.06 bits per heavy atom. The van der Waals surface area contributed by atoms with Gasteiger partial charge in [-0.1, -0.05) is 6.92 Å². The predicted octanol–water partition coefficient (Wildman–Crippen LogP) is 4.02. The molecule has 0 atom stereocenters. The Kier molecular flexibility index (Phi) is 6.77. The van der Waals surface area contributed by atoms with Crippen molar-refractivity contribution in [3.05, 3.63) is 53.9 Å². The molecule has 7 heteroatoms. The van der Waals surface area contributed by atoms with Gasteiger partial charge in [0.25, 0.3) is 5.91 Å². The average molecular weight is 436 g/mol. The molecule has 0 bridgehead atoms. The summed E-state index contributed by atoms with van der Waals surface area (Å²) in [6.07, 6.45) is 0. The van der Waals surface area contributed by atoms with Crippen molar-refractivity contribution >= 4 is 22.6 Å². The highest BCUT2D eigenvalue weighted by Crippen LogP contribution is 2.25. The number of amides is 1. The van der Waals surface area contributed by atoms with Crippen molar-refractivity contribution in [2.45, 2.75) is 33.4 Å². The number of carbonyl (C=O) groups excluding carboxylic acids is 1. The summed E-state index contributed by atoms with van der Waals surface area (Å²) in [7, 11) is 1.61. The number of ether oxygens (including phenoxy) is 1. The van der Waals surface area contributed by atoms with Gasteiger partial charge >= 0.3 is 0 Å². The first-order valence-corrected chi connectivity index (χ1v) is 11.4. The molecule has 3 aromatic rings. The normalized spacial score (nSPS) is 15.4. The molecular formula is C25H33N5O2. The number of hydrogen-bond donors (Lipinski definition) is 1. The number of methoxy groups -OCH3 is 1. The van der Waals surface area contributed by atoms with E-state index >= 15 is 0 Å². The number of hydrogen-bond acceptors (Lipinski definition) is 5. The molecule has 2 heterocycles. The minimum absolute atomic E-state index is 0.149. The number of imidazole rings is 1. The molecule has 0 aliphatic carbocycles. The number of nitrogens with one attached hydrogen (secondary N) is 1. The van der Waals surface area contributed by atoms with E-state index in [0.29, 0.717) is 11.6 Å². The van der Waals surface area contributed by atoms with Crippen LogP contribution in [0, 0.1) is 0 Å². The van der Waals surface area contributed by atoms with Crippen LogP contribution < -0.4 is 10.1 Å². The zero-order valence-corrected chi connectivity index (χ0v) is 19.5. The summed E-state index contributed by atoms with van der Waals surface area (Å²) in [5.41, 5.74) is 3.35. The molecule has 1 aromatic heterocycles. The first-order chi connectivity index (χ1) is 15.5. The number of anilines is 1. The van der Waals surface area contributed by atoms with Crippen LogP contribution in [-0.4, -0.2) is 65.1 Å². The number of benzene rings is 2. The van der Waals surface area contributed by atoms with E-state index in [1.54, 1.807) is 31.4 Å². The lowest BCUT2D eigenvalue weighted by molar-refractivity contribution is 0.102. The van der Waals surface area contributed by atoms with Crippen LogP contribution in [0.1, 0.15) is 43.0 Å². The van der Waals surface area contributed by atoms with Crippen molar-refractivity contribution in [1.29, 1.82) is 0 Å². The van der Waals surface area contributed by atoms with Crippen molar-refractivity contribution in [1.82, 2.24) is 19.4 Å². The third-order valence-electron chi connectivity index (χ3n) is 6.17. The predicted molar refractivity (Wildman–Crippen MR) is 128 cm³/mol. The lowest BCUT2D eigenvalue weighted by Crippen LogP contribution is -2.45. The maximum atomic E-state index is 12.7. The van der Waals surface area contributed by atoms with E-state index in [2.05, 4.69) is 46.5 Å². The number of fused-ring (bicyclic) bond motifs is 1. The van der Waals surface area contributed by atoms with Gasteiger partial charge in [0.2, 0.25) is 0 Å². The Bertz CT molecular complexity index is 1070. The Labute approximate surface area is 190 Å². The Balaban J connectivity index is 1.53. The number of carbonyl (C=O) groups is 1. The molecule has 1 saturated heterocycles. The summed E-state index contributed by atoms with van der Waals surface area (Å²) in [5, 5.41) is 2.99. The van der Waals surface area contributed by atoms with Crippen LogP contribution in [0.3, 0.4) is 0 Å². The smallest absolute Gasteiger partial charge is 0.255 e. The standard InChI is InChI=1S/C25H33N5O2/c1-5-28-12-14-29(15-13-28)17-24-27-22-16-20(8-11-23(22)30(24)18(2)3)26-25(31)19-6-9-21(32-4)10-7-19/h6-11,16,18H,5,12-15,17H2,1-4H3,(H,26,31). The number of likely N-dealkylation sites (N-methyl/N-ethyl adjacent to an activating group) is 1. The van der Waals surface area contributed by atoms with Crippen LogP contribution in [0.15, 0.2) is 42.5 Å². The van der Waals surface area contributed by atoms with Crippen LogP contribution in [0.2, 0.25) is 0 Å². The first-order valence-electron chi connectivity index (χ1n) is 11.4. The van der Waals surface area contributed by atoms with E-state index < -0.39 is 0 Å². The van der Waals surface area contributed by atoms with Gasteiger partial charge in [-0.05, 0) is 62.9 Å². The van der Waals surface area contributed by atoms with Gasteiger partial charge < -0.3 is 19.5 Å².